The summed E-state index contributed by atoms with van der Waals surface area (Å²) in [6.07, 6.45) is 2.74. The summed E-state index contributed by atoms with van der Waals surface area (Å²) in [5.41, 5.74) is 3.55. The minimum Gasteiger partial charge on any atom is -0.298 e. The highest BCUT2D eigenvalue weighted by Gasteiger charge is 2.09. The Kier molecular flexibility index (Phi) is 6.45. The van der Waals surface area contributed by atoms with Crippen LogP contribution in [0.15, 0.2) is 18.3 Å². The standard InChI is InChI=1S/C14H24N4O/c1-4-11(3)9-18(5-2)10-13-7-6-12(8-16-13)14(19)17-15/h6-8,11H,4-5,9-10,15H2,1-3H3,(H,17,19). The van der Waals surface area contributed by atoms with E-state index in [1.165, 1.54) is 6.42 Å². The number of nitrogens with one attached hydrogen (secondary N) is 1. The second-order valence-electron chi connectivity index (χ2n) is 4.85. The van der Waals surface area contributed by atoms with Crippen molar-refractivity contribution in [2.45, 2.75) is 33.7 Å². The minimum absolute atomic E-state index is 0.314. The van der Waals surface area contributed by atoms with Crippen LogP contribution >= 0.6 is 0 Å². The molecule has 0 aliphatic heterocycles. The Balaban J connectivity index is 2.62. The van der Waals surface area contributed by atoms with Crippen LogP contribution in [0.1, 0.15) is 43.2 Å². The van der Waals surface area contributed by atoms with Gasteiger partial charge in [0.2, 0.25) is 0 Å². The van der Waals surface area contributed by atoms with Crippen LogP contribution in [0.2, 0.25) is 0 Å². The Morgan fingerprint density at radius 1 is 1.47 bits per heavy atom. The van der Waals surface area contributed by atoms with Crippen molar-refractivity contribution in [3.05, 3.63) is 29.6 Å². The van der Waals surface area contributed by atoms with Crippen LogP contribution in [-0.4, -0.2) is 28.9 Å². The SMILES string of the molecule is CCC(C)CN(CC)Cc1ccc(C(=O)NN)cn1. The largest absolute Gasteiger partial charge is 0.298 e. The van der Waals surface area contributed by atoms with Gasteiger partial charge in [-0.1, -0.05) is 27.2 Å². The maximum absolute atomic E-state index is 11.3. The Morgan fingerprint density at radius 3 is 2.68 bits per heavy atom. The molecule has 0 aliphatic rings. The number of hydrogen-bond acceptors (Lipinski definition) is 4. The molecule has 0 aromatic carbocycles. The smallest absolute Gasteiger partial charge is 0.266 e. The van der Waals surface area contributed by atoms with Gasteiger partial charge < -0.3 is 0 Å². The van der Waals surface area contributed by atoms with Crippen molar-refractivity contribution in [1.29, 1.82) is 0 Å². The number of carbonyl (C=O) groups is 1. The Labute approximate surface area is 115 Å². The summed E-state index contributed by atoms with van der Waals surface area (Å²) in [5.74, 6) is 5.45. The molecular weight excluding hydrogens is 240 g/mol. The van der Waals surface area contributed by atoms with Gasteiger partial charge in [-0.05, 0) is 24.6 Å². The maximum Gasteiger partial charge on any atom is 0.266 e. The molecule has 0 radical (unpaired) electrons. The quantitative estimate of drug-likeness (QED) is 0.445. The highest BCUT2D eigenvalue weighted by atomic mass is 16.2. The van der Waals surface area contributed by atoms with Crippen molar-refractivity contribution in [2.75, 3.05) is 13.1 Å². The number of rotatable bonds is 7. The normalized spacial score (nSPS) is 12.5. The lowest BCUT2D eigenvalue weighted by molar-refractivity contribution is 0.0953. The van der Waals surface area contributed by atoms with Crippen molar-refractivity contribution in [3.63, 3.8) is 0 Å². The van der Waals surface area contributed by atoms with Crippen LogP contribution in [-0.2, 0) is 6.54 Å². The third-order valence-electron chi connectivity index (χ3n) is 3.32. The number of hydrogen-bond donors (Lipinski definition) is 2. The van der Waals surface area contributed by atoms with Gasteiger partial charge in [0.15, 0.2) is 0 Å². The molecule has 19 heavy (non-hydrogen) atoms. The molecule has 5 nitrogen and oxygen atoms in total. The molecule has 0 bridgehead atoms. The zero-order valence-electron chi connectivity index (χ0n) is 12.0. The minimum atomic E-state index is -0.314. The van der Waals surface area contributed by atoms with Gasteiger partial charge in [-0.3, -0.25) is 20.1 Å². The Morgan fingerprint density at radius 2 is 2.21 bits per heavy atom. The zero-order valence-corrected chi connectivity index (χ0v) is 12.0. The molecule has 0 saturated carbocycles. The van der Waals surface area contributed by atoms with Gasteiger partial charge in [0.1, 0.15) is 0 Å². The van der Waals surface area contributed by atoms with E-state index in [1.54, 1.807) is 12.3 Å². The van der Waals surface area contributed by atoms with E-state index in [0.717, 1.165) is 25.3 Å². The summed E-state index contributed by atoms with van der Waals surface area (Å²) in [4.78, 5) is 18.0. The number of nitrogen functional groups attached to an aromatic ring is 1. The highest BCUT2D eigenvalue weighted by Crippen LogP contribution is 2.08. The molecule has 1 amide bonds. The molecule has 1 aromatic heterocycles. The molecule has 0 fully saturated rings. The number of aromatic nitrogens is 1. The molecule has 5 heteroatoms. The van der Waals surface area contributed by atoms with E-state index in [-0.39, 0.29) is 5.91 Å². The van der Waals surface area contributed by atoms with Crippen molar-refractivity contribution >= 4 is 5.91 Å². The van der Waals surface area contributed by atoms with Crippen LogP contribution in [0.5, 0.6) is 0 Å². The van der Waals surface area contributed by atoms with Crippen LogP contribution < -0.4 is 11.3 Å². The predicted molar refractivity (Wildman–Crippen MR) is 76.3 cm³/mol. The van der Waals surface area contributed by atoms with Gasteiger partial charge in [-0.25, -0.2) is 5.84 Å². The van der Waals surface area contributed by atoms with E-state index in [9.17, 15) is 4.79 Å². The highest BCUT2D eigenvalue weighted by molar-refractivity contribution is 5.93. The average molecular weight is 264 g/mol. The fourth-order valence-corrected chi connectivity index (χ4v) is 1.84. The molecule has 0 aliphatic carbocycles. The third kappa shape index (κ3) is 4.96. The van der Waals surface area contributed by atoms with Gasteiger partial charge in [-0.15, -0.1) is 0 Å². The molecule has 0 saturated heterocycles. The van der Waals surface area contributed by atoms with E-state index in [0.29, 0.717) is 11.5 Å². The van der Waals surface area contributed by atoms with E-state index in [2.05, 4.69) is 36.1 Å². The van der Waals surface area contributed by atoms with Crippen molar-refractivity contribution in [3.8, 4) is 0 Å². The molecule has 1 unspecified atom stereocenters. The molecule has 0 spiro atoms. The van der Waals surface area contributed by atoms with Gasteiger partial charge in [0.25, 0.3) is 5.91 Å². The van der Waals surface area contributed by atoms with Gasteiger partial charge in [0, 0.05) is 19.3 Å². The molecule has 1 rings (SSSR count). The summed E-state index contributed by atoms with van der Waals surface area (Å²) < 4.78 is 0. The Hall–Kier alpha value is -1.46. The van der Waals surface area contributed by atoms with Crippen LogP contribution in [0, 0.1) is 5.92 Å². The lowest BCUT2D eigenvalue weighted by Gasteiger charge is -2.23. The van der Waals surface area contributed by atoms with Gasteiger partial charge >= 0.3 is 0 Å². The summed E-state index contributed by atoms with van der Waals surface area (Å²) in [5, 5.41) is 0. The molecular formula is C14H24N4O. The summed E-state index contributed by atoms with van der Waals surface area (Å²) in [6, 6.07) is 3.63. The molecule has 1 heterocycles. The van der Waals surface area contributed by atoms with E-state index in [4.69, 9.17) is 5.84 Å². The fraction of sp³-hybridized carbons (Fsp3) is 0.571. The first-order chi connectivity index (χ1) is 9.10. The third-order valence-corrected chi connectivity index (χ3v) is 3.32. The summed E-state index contributed by atoms with van der Waals surface area (Å²) >= 11 is 0. The van der Waals surface area contributed by atoms with E-state index < -0.39 is 0 Å². The van der Waals surface area contributed by atoms with Gasteiger partial charge in [-0.2, -0.15) is 0 Å². The number of amides is 1. The summed E-state index contributed by atoms with van der Waals surface area (Å²) in [7, 11) is 0. The Bertz CT molecular complexity index is 391. The number of nitrogens with two attached hydrogens (primary N) is 1. The molecule has 3 N–H and O–H groups in total. The van der Waals surface area contributed by atoms with Crippen molar-refractivity contribution < 1.29 is 4.79 Å². The maximum atomic E-state index is 11.3. The predicted octanol–water partition coefficient (Wildman–Crippen LogP) is 1.55. The van der Waals surface area contributed by atoms with Crippen molar-refractivity contribution in [1.82, 2.24) is 15.3 Å². The summed E-state index contributed by atoms with van der Waals surface area (Å²) in [6.45, 7) is 9.49. The van der Waals surface area contributed by atoms with Crippen molar-refractivity contribution in [2.24, 2.45) is 11.8 Å². The van der Waals surface area contributed by atoms with E-state index >= 15 is 0 Å². The second-order valence-corrected chi connectivity index (χ2v) is 4.85. The van der Waals surface area contributed by atoms with Crippen LogP contribution in [0.4, 0.5) is 0 Å². The average Bonchev–Trinajstić information content (AvgIpc) is 2.46. The molecule has 106 valence electrons. The number of carbonyl (C=O) groups excluding carboxylic acids is 1. The number of nitrogens with zero attached hydrogens (tertiary/aromatic N) is 2. The fourth-order valence-electron chi connectivity index (χ4n) is 1.84. The lowest BCUT2D eigenvalue weighted by Crippen LogP contribution is -2.30. The van der Waals surface area contributed by atoms with Crippen LogP contribution in [0.25, 0.3) is 0 Å². The number of hydrazine groups is 1. The van der Waals surface area contributed by atoms with Crippen LogP contribution in [0.3, 0.4) is 0 Å². The molecule has 1 aromatic rings. The number of pyridine rings is 1. The molecule has 1 atom stereocenters. The first-order valence-corrected chi connectivity index (χ1v) is 6.78. The lowest BCUT2D eigenvalue weighted by atomic mass is 10.1. The first kappa shape index (κ1) is 15.6. The zero-order chi connectivity index (χ0) is 14.3. The van der Waals surface area contributed by atoms with E-state index in [1.807, 2.05) is 6.07 Å². The second kappa shape index (κ2) is 7.86. The topological polar surface area (TPSA) is 71.2 Å². The monoisotopic (exact) mass is 264 g/mol. The van der Waals surface area contributed by atoms with Gasteiger partial charge in [0.05, 0.1) is 11.3 Å². The first-order valence-electron chi connectivity index (χ1n) is 6.78.